The summed E-state index contributed by atoms with van der Waals surface area (Å²) in [6.07, 6.45) is 0. The van der Waals surface area contributed by atoms with Crippen molar-refractivity contribution in [1.29, 1.82) is 0 Å². The largest absolute Gasteiger partial charge is 0.508 e. The van der Waals surface area contributed by atoms with Crippen molar-refractivity contribution in [1.82, 2.24) is 9.62 Å². The molecule has 346 valence electrons. The second-order valence-corrected chi connectivity index (χ2v) is 19.0. The van der Waals surface area contributed by atoms with Gasteiger partial charge in [-0.3, -0.25) is 4.79 Å². The number of sulfonamides is 1. The Balaban J connectivity index is 0.688. The van der Waals surface area contributed by atoms with Crippen LogP contribution in [0.1, 0.15) is 59.7 Å². The first kappa shape index (κ1) is 45.4. The highest BCUT2D eigenvalue weighted by Gasteiger charge is 2.53. The molecule has 9 rings (SSSR count). The molecular weight excluding hydrogens is 871 g/mol. The summed E-state index contributed by atoms with van der Waals surface area (Å²) in [5.74, 6) is 0.520. The number of hydrogen-bond acceptors (Lipinski definition) is 11. The van der Waals surface area contributed by atoms with Crippen molar-refractivity contribution in [3.8, 4) is 34.1 Å². The van der Waals surface area contributed by atoms with Crippen molar-refractivity contribution in [2.75, 3.05) is 70.7 Å². The molecule has 0 bridgehead atoms. The van der Waals surface area contributed by atoms with E-state index in [0.717, 1.165) is 11.3 Å². The predicted molar refractivity (Wildman–Crippen MR) is 254 cm³/mol. The van der Waals surface area contributed by atoms with E-state index in [4.69, 9.17) is 23.7 Å². The van der Waals surface area contributed by atoms with E-state index in [0.29, 0.717) is 91.1 Å². The zero-order valence-electron chi connectivity index (χ0n) is 38.0. The number of nitrogens with zero attached hydrogens (tertiary/aromatic N) is 2. The smallest absolute Gasteiger partial charge is 0.340 e. The minimum Gasteiger partial charge on any atom is -0.508 e. The van der Waals surface area contributed by atoms with Gasteiger partial charge in [-0.2, -0.15) is 4.31 Å². The van der Waals surface area contributed by atoms with E-state index in [1.54, 1.807) is 47.6 Å². The maximum absolute atomic E-state index is 13.7. The van der Waals surface area contributed by atoms with Crippen LogP contribution >= 0.6 is 0 Å². The van der Waals surface area contributed by atoms with Gasteiger partial charge in [-0.1, -0.05) is 48.5 Å². The number of phenolic OH excluding ortho intramolecular Hbond substituents is 1. The van der Waals surface area contributed by atoms with Gasteiger partial charge in [0.1, 0.15) is 29.6 Å². The van der Waals surface area contributed by atoms with Crippen LogP contribution in [-0.4, -0.2) is 95.5 Å². The van der Waals surface area contributed by atoms with E-state index >= 15 is 0 Å². The number of piperazine rings is 1. The number of ether oxygens (including phenoxy) is 5. The van der Waals surface area contributed by atoms with Crippen LogP contribution in [-0.2, 0) is 29.8 Å². The lowest BCUT2D eigenvalue weighted by molar-refractivity contribution is 0.0224. The van der Waals surface area contributed by atoms with Crippen molar-refractivity contribution >= 4 is 27.6 Å². The molecule has 3 heterocycles. The number of amides is 1. The molecule has 0 radical (unpaired) electrons. The average molecular weight is 924 g/mol. The highest BCUT2D eigenvalue weighted by atomic mass is 32.2. The van der Waals surface area contributed by atoms with Crippen LogP contribution in [0.2, 0.25) is 0 Å². The van der Waals surface area contributed by atoms with E-state index in [1.165, 1.54) is 40.5 Å². The van der Waals surface area contributed by atoms with Gasteiger partial charge in [0.05, 0.1) is 36.9 Å². The van der Waals surface area contributed by atoms with Crippen molar-refractivity contribution in [3.05, 3.63) is 165 Å². The van der Waals surface area contributed by atoms with E-state index in [1.807, 2.05) is 25.1 Å². The fraction of sp³-hybridized carbons (Fsp3) is 0.283. The fourth-order valence-electron chi connectivity index (χ4n) is 9.09. The molecule has 1 saturated heterocycles. The number of anilines is 1. The maximum Gasteiger partial charge on any atom is 0.340 e. The van der Waals surface area contributed by atoms with Crippen LogP contribution in [0, 0.1) is 27.7 Å². The Morgan fingerprint density at radius 3 is 2.18 bits per heavy atom. The quantitative estimate of drug-likeness (QED) is 0.0757. The summed E-state index contributed by atoms with van der Waals surface area (Å²) in [6, 6.07) is 35.2. The number of fused-ring (bicyclic) bond motifs is 6. The summed E-state index contributed by atoms with van der Waals surface area (Å²) in [6.45, 7) is 11.6. The second kappa shape index (κ2) is 18.9. The minimum absolute atomic E-state index is 0.0172. The van der Waals surface area contributed by atoms with Crippen LogP contribution < -0.4 is 19.7 Å². The Bertz CT molecular complexity index is 2910. The predicted octanol–water partition coefficient (Wildman–Crippen LogP) is 8.21. The summed E-state index contributed by atoms with van der Waals surface area (Å²) in [5, 5.41) is 13.0. The lowest BCUT2D eigenvalue weighted by Crippen LogP contribution is -2.48. The Morgan fingerprint density at radius 2 is 1.42 bits per heavy atom. The molecule has 2 N–H and O–H groups in total. The zero-order chi connectivity index (χ0) is 46.9. The van der Waals surface area contributed by atoms with Gasteiger partial charge in [-0.05, 0) is 122 Å². The Hall–Kier alpha value is -6.71. The average Bonchev–Trinajstić information content (AvgIpc) is 3.61. The lowest BCUT2D eigenvalue weighted by atomic mass is 9.77. The van der Waals surface area contributed by atoms with Crippen LogP contribution in [0.25, 0.3) is 11.1 Å². The lowest BCUT2D eigenvalue weighted by Gasteiger charge is -2.36. The molecule has 1 unspecified atom stereocenters. The van der Waals surface area contributed by atoms with Gasteiger partial charge in [-0.15, -0.1) is 0 Å². The molecule has 1 atom stereocenters. The monoisotopic (exact) mass is 923 g/mol. The first-order chi connectivity index (χ1) is 32.3. The Kier molecular flexibility index (Phi) is 12.8. The number of rotatable bonds is 15. The summed E-state index contributed by atoms with van der Waals surface area (Å²) in [5.41, 5.74) is 8.62. The molecule has 13 nitrogen and oxygen atoms in total. The Labute approximate surface area is 390 Å². The summed E-state index contributed by atoms with van der Waals surface area (Å²) >= 11 is 0. The topological polar surface area (TPSA) is 153 Å². The van der Waals surface area contributed by atoms with Gasteiger partial charge in [0.2, 0.25) is 10.0 Å². The third kappa shape index (κ3) is 8.97. The molecule has 1 spiro atoms. The summed E-state index contributed by atoms with van der Waals surface area (Å²) in [7, 11) is -3.69. The summed E-state index contributed by atoms with van der Waals surface area (Å²) in [4.78, 5) is 29.1. The second-order valence-electron chi connectivity index (χ2n) is 17.1. The first-order valence-corrected chi connectivity index (χ1v) is 23.9. The molecule has 0 saturated carbocycles. The van der Waals surface area contributed by atoms with Crippen LogP contribution in [0.15, 0.2) is 120 Å². The number of carbonyl (C=O) groups is 2. The third-order valence-corrected chi connectivity index (χ3v) is 14.8. The molecule has 1 amide bonds. The highest BCUT2D eigenvalue weighted by Crippen LogP contribution is 2.56. The van der Waals surface area contributed by atoms with Crippen LogP contribution in [0.4, 0.5) is 5.69 Å². The third-order valence-electron chi connectivity index (χ3n) is 12.8. The fourth-order valence-corrected chi connectivity index (χ4v) is 10.7. The van der Waals surface area contributed by atoms with E-state index in [2.05, 4.69) is 66.5 Å². The number of aromatic hydroxyl groups is 1. The van der Waals surface area contributed by atoms with Gasteiger partial charge in [0.15, 0.2) is 5.60 Å². The zero-order valence-corrected chi connectivity index (χ0v) is 38.8. The van der Waals surface area contributed by atoms with Crippen LogP contribution in [0.5, 0.6) is 23.0 Å². The molecule has 3 aliphatic heterocycles. The number of carbonyl (C=O) groups excluding carboxylic acids is 2. The van der Waals surface area contributed by atoms with E-state index < -0.39 is 21.6 Å². The molecule has 0 aliphatic carbocycles. The Morgan fingerprint density at radius 1 is 0.716 bits per heavy atom. The van der Waals surface area contributed by atoms with E-state index in [9.17, 15) is 23.1 Å². The highest BCUT2D eigenvalue weighted by molar-refractivity contribution is 7.89. The van der Waals surface area contributed by atoms with Crippen molar-refractivity contribution in [2.24, 2.45) is 0 Å². The number of esters is 1. The molecule has 6 aromatic carbocycles. The SMILES string of the molecule is Cc1ccc2c(c1)Oc1cc(O)ccc1C21OC(=O)c2cc(C(=O)NCCOCCOCCOc3ccc(S(=O)(=O)N4CCN(c5ccc(-c6cccc(C)c6C)cc5)CC4)c(C)c3)ccc21. The standard InChI is InChI=1S/C53H53N3O10S/c1-34-8-16-46-48(30-34)65-49-33-41(57)14-18-47(49)53(46)45-17-11-39(32-44(45)52(59)66-53)51(58)54-20-25-62-26-27-63-28-29-64-42-15-19-50(36(3)31-42)67(60,61)56-23-21-55(22-24-56)40-12-9-38(10-13-40)43-7-5-6-35(2)37(43)4/h5-19,30-33,57H,20-29H2,1-4H3,(H,54,58). The molecular formula is C53H53N3O10S. The molecule has 6 aromatic rings. The normalized spacial score (nSPS) is 16.5. The molecule has 1 fully saturated rings. The number of phenols is 1. The first-order valence-electron chi connectivity index (χ1n) is 22.4. The molecule has 67 heavy (non-hydrogen) atoms. The number of hydrogen-bond donors (Lipinski definition) is 2. The molecule has 3 aliphatic rings. The van der Waals surface area contributed by atoms with Gasteiger partial charge in [0.25, 0.3) is 5.91 Å². The summed E-state index contributed by atoms with van der Waals surface area (Å²) < 4.78 is 58.5. The number of nitrogens with one attached hydrogen (secondary N) is 1. The number of benzene rings is 6. The molecule has 0 aromatic heterocycles. The van der Waals surface area contributed by atoms with Crippen molar-refractivity contribution in [3.63, 3.8) is 0 Å². The maximum atomic E-state index is 13.7. The minimum atomic E-state index is -3.69. The van der Waals surface area contributed by atoms with Gasteiger partial charge in [-0.25, -0.2) is 13.2 Å². The van der Waals surface area contributed by atoms with Gasteiger partial charge >= 0.3 is 5.97 Å². The van der Waals surface area contributed by atoms with Gasteiger partial charge < -0.3 is 39.0 Å². The van der Waals surface area contributed by atoms with Crippen molar-refractivity contribution in [2.45, 2.75) is 38.2 Å². The van der Waals surface area contributed by atoms with Gasteiger partial charge in [0, 0.05) is 66.7 Å². The van der Waals surface area contributed by atoms with Crippen molar-refractivity contribution < 1.29 is 46.8 Å². The van der Waals surface area contributed by atoms with E-state index in [-0.39, 0.29) is 41.9 Å². The molecule has 14 heteroatoms. The number of aryl methyl sites for hydroxylation is 3. The van der Waals surface area contributed by atoms with Crippen LogP contribution in [0.3, 0.4) is 0 Å².